The molecule has 1 aromatic heterocycles. The van der Waals surface area contributed by atoms with Gasteiger partial charge in [-0.3, -0.25) is 0 Å². The lowest BCUT2D eigenvalue weighted by Crippen LogP contribution is -2.40. The standard InChI is InChI=1S/C16H22BrN3/c1-11(2)20-14-5-4-12(17)8-13(14)19-15(20)9-16(10-18)6-3-7-16/h4-5,8,11H,3,6-7,9-10,18H2,1-2H3. The van der Waals surface area contributed by atoms with Gasteiger partial charge in [-0.05, 0) is 56.8 Å². The van der Waals surface area contributed by atoms with Gasteiger partial charge in [-0.15, -0.1) is 0 Å². The first kappa shape index (κ1) is 14.1. The Labute approximate surface area is 128 Å². The van der Waals surface area contributed by atoms with Crippen LogP contribution < -0.4 is 5.73 Å². The van der Waals surface area contributed by atoms with Crippen LogP contribution in [0.25, 0.3) is 11.0 Å². The van der Waals surface area contributed by atoms with E-state index in [0.717, 1.165) is 23.0 Å². The highest BCUT2D eigenvalue weighted by atomic mass is 79.9. The molecule has 0 atom stereocenters. The van der Waals surface area contributed by atoms with Gasteiger partial charge in [0.25, 0.3) is 0 Å². The molecule has 0 bridgehead atoms. The van der Waals surface area contributed by atoms with Crippen molar-refractivity contribution in [1.82, 2.24) is 9.55 Å². The molecule has 3 nitrogen and oxygen atoms in total. The van der Waals surface area contributed by atoms with E-state index in [0.29, 0.717) is 11.5 Å². The average molecular weight is 336 g/mol. The zero-order valence-corrected chi connectivity index (χ0v) is 13.8. The van der Waals surface area contributed by atoms with Crippen LogP contribution in [0.2, 0.25) is 0 Å². The number of nitrogens with zero attached hydrogens (tertiary/aromatic N) is 2. The minimum atomic E-state index is 0.297. The molecule has 1 saturated carbocycles. The Morgan fingerprint density at radius 1 is 1.40 bits per heavy atom. The number of aromatic nitrogens is 2. The quantitative estimate of drug-likeness (QED) is 0.915. The first-order valence-corrected chi connectivity index (χ1v) is 8.20. The van der Waals surface area contributed by atoms with Crippen LogP contribution in [0.5, 0.6) is 0 Å². The molecule has 0 amide bonds. The largest absolute Gasteiger partial charge is 0.330 e. The molecule has 20 heavy (non-hydrogen) atoms. The lowest BCUT2D eigenvalue weighted by atomic mass is 9.66. The maximum atomic E-state index is 6.02. The van der Waals surface area contributed by atoms with Crippen LogP contribution in [0.1, 0.15) is 45.0 Å². The Balaban J connectivity index is 2.07. The molecule has 4 heteroatoms. The van der Waals surface area contributed by atoms with Crippen molar-refractivity contribution in [3.05, 3.63) is 28.5 Å². The molecule has 3 rings (SSSR count). The molecule has 2 N–H and O–H groups in total. The van der Waals surface area contributed by atoms with Crippen molar-refractivity contribution in [3.8, 4) is 0 Å². The fourth-order valence-electron chi connectivity index (χ4n) is 3.29. The summed E-state index contributed by atoms with van der Waals surface area (Å²) >= 11 is 3.53. The zero-order valence-electron chi connectivity index (χ0n) is 12.2. The van der Waals surface area contributed by atoms with Gasteiger partial charge in [-0.25, -0.2) is 4.98 Å². The number of hydrogen-bond donors (Lipinski definition) is 1. The average Bonchev–Trinajstić information content (AvgIpc) is 2.70. The Bertz CT molecular complexity index is 620. The van der Waals surface area contributed by atoms with E-state index in [9.17, 15) is 0 Å². The highest BCUT2D eigenvalue weighted by Gasteiger charge is 2.37. The fraction of sp³-hybridized carbons (Fsp3) is 0.562. The van der Waals surface area contributed by atoms with Crippen LogP contribution >= 0.6 is 15.9 Å². The van der Waals surface area contributed by atoms with Gasteiger partial charge in [0.15, 0.2) is 0 Å². The summed E-state index contributed by atoms with van der Waals surface area (Å²) in [5, 5.41) is 0. The SMILES string of the molecule is CC(C)n1c(CC2(CN)CCC2)nc2cc(Br)ccc21. The number of fused-ring (bicyclic) bond motifs is 1. The Hall–Kier alpha value is -0.870. The Kier molecular flexibility index (Phi) is 3.63. The number of hydrogen-bond acceptors (Lipinski definition) is 2. The molecule has 0 spiro atoms. The van der Waals surface area contributed by atoms with E-state index in [1.807, 2.05) is 0 Å². The monoisotopic (exact) mass is 335 g/mol. The summed E-state index contributed by atoms with van der Waals surface area (Å²) in [6.45, 7) is 5.23. The van der Waals surface area contributed by atoms with Gasteiger partial charge in [-0.1, -0.05) is 22.4 Å². The van der Waals surface area contributed by atoms with Crippen LogP contribution in [-0.2, 0) is 6.42 Å². The van der Waals surface area contributed by atoms with Crippen molar-refractivity contribution >= 4 is 27.0 Å². The topological polar surface area (TPSA) is 43.8 Å². The minimum absolute atomic E-state index is 0.297. The number of halogens is 1. The molecule has 1 aliphatic carbocycles. The second-order valence-corrected chi connectivity index (χ2v) is 7.27. The summed E-state index contributed by atoms with van der Waals surface area (Å²) in [7, 11) is 0. The first-order valence-electron chi connectivity index (χ1n) is 7.41. The molecular formula is C16H22BrN3. The molecule has 2 aromatic rings. The predicted molar refractivity (Wildman–Crippen MR) is 86.9 cm³/mol. The van der Waals surface area contributed by atoms with Gasteiger partial charge < -0.3 is 10.3 Å². The molecule has 1 aromatic carbocycles. The number of rotatable bonds is 4. The highest BCUT2D eigenvalue weighted by molar-refractivity contribution is 9.10. The van der Waals surface area contributed by atoms with Crippen LogP contribution in [0.15, 0.2) is 22.7 Å². The fourth-order valence-corrected chi connectivity index (χ4v) is 3.64. The van der Waals surface area contributed by atoms with E-state index in [4.69, 9.17) is 10.7 Å². The van der Waals surface area contributed by atoms with Crippen LogP contribution in [0.3, 0.4) is 0 Å². The van der Waals surface area contributed by atoms with Crippen LogP contribution in [-0.4, -0.2) is 16.1 Å². The highest BCUT2D eigenvalue weighted by Crippen LogP contribution is 2.43. The molecular weight excluding hydrogens is 314 g/mol. The predicted octanol–water partition coefficient (Wildman–Crippen LogP) is 4.05. The normalized spacial score (nSPS) is 17.6. The van der Waals surface area contributed by atoms with E-state index < -0.39 is 0 Å². The molecule has 1 aliphatic rings. The number of imidazole rings is 1. The maximum Gasteiger partial charge on any atom is 0.110 e. The maximum absolute atomic E-state index is 6.02. The molecule has 0 saturated heterocycles. The van der Waals surface area contributed by atoms with Crippen molar-refractivity contribution < 1.29 is 0 Å². The molecule has 0 aliphatic heterocycles. The molecule has 0 radical (unpaired) electrons. The van der Waals surface area contributed by atoms with Crippen LogP contribution in [0.4, 0.5) is 0 Å². The van der Waals surface area contributed by atoms with Crippen molar-refractivity contribution in [2.45, 2.75) is 45.6 Å². The number of nitrogens with two attached hydrogens (primary N) is 1. The van der Waals surface area contributed by atoms with Crippen molar-refractivity contribution in [2.75, 3.05) is 6.54 Å². The van der Waals surface area contributed by atoms with Crippen molar-refractivity contribution in [3.63, 3.8) is 0 Å². The lowest BCUT2D eigenvalue weighted by molar-refractivity contribution is 0.139. The minimum Gasteiger partial charge on any atom is -0.330 e. The third-order valence-corrected chi connectivity index (χ3v) is 5.11. The van der Waals surface area contributed by atoms with E-state index in [-0.39, 0.29) is 0 Å². The van der Waals surface area contributed by atoms with Gasteiger partial charge in [0.05, 0.1) is 11.0 Å². The molecule has 1 fully saturated rings. The van der Waals surface area contributed by atoms with Gasteiger partial charge in [0, 0.05) is 16.9 Å². The number of benzene rings is 1. The smallest absolute Gasteiger partial charge is 0.110 e. The summed E-state index contributed by atoms with van der Waals surface area (Å²) in [6, 6.07) is 6.78. The molecule has 1 heterocycles. The van der Waals surface area contributed by atoms with Gasteiger partial charge >= 0.3 is 0 Å². The Morgan fingerprint density at radius 2 is 2.15 bits per heavy atom. The summed E-state index contributed by atoms with van der Waals surface area (Å²) in [5.41, 5.74) is 8.62. The summed E-state index contributed by atoms with van der Waals surface area (Å²) in [4.78, 5) is 4.89. The van der Waals surface area contributed by atoms with Gasteiger partial charge in [0.2, 0.25) is 0 Å². The third-order valence-electron chi connectivity index (χ3n) is 4.62. The van der Waals surface area contributed by atoms with Crippen LogP contribution in [0, 0.1) is 5.41 Å². The van der Waals surface area contributed by atoms with Gasteiger partial charge in [0.1, 0.15) is 5.82 Å². The van der Waals surface area contributed by atoms with E-state index >= 15 is 0 Å². The van der Waals surface area contributed by atoms with Crippen molar-refractivity contribution in [2.24, 2.45) is 11.1 Å². The van der Waals surface area contributed by atoms with E-state index in [1.165, 1.54) is 30.6 Å². The molecule has 0 unspecified atom stereocenters. The summed E-state index contributed by atoms with van der Waals surface area (Å²) in [6.07, 6.45) is 4.81. The first-order chi connectivity index (χ1) is 9.54. The second-order valence-electron chi connectivity index (χ2n) is 6.36. The second kappa shape index (κ2) is 5.15. The van der Waals surface area contributed by atoms with Gasteiger partial charge in [-0.2, -0.15) is 0 Å². The van der Waals surface area contributed by atoms with E-state index in [1.54, 1.807) is 0 Å². The van der Waals surface area contributed by atoms with Crippen molar-refractivity contribution in [1.29, 1.82) is 0 Å². The van der Waals surface area contributed by atoms with E-state index in [2.05, 4.69) is 52.5 Å². The zero-order chi connectivity index (χ0) is 14.3. The lowest BCUT2D eigenvalue weighted by Gasteiger charge is -2.41. The Morgan fingerprint density at radius 3 is 2.70 bits per heavy atom. The molecule has 108 valence electrons. The summed E-state index contributed by atoms with van der Waals surface area (Å²) < 4.78 is 3.46. The third kappa shape index (κ3) is 2.29. The summed E-state index contributed by atoms with van der Waals surface area (Å²) in [5.74, 6) is 1.19.